The van der Waals surface area contributed by atoms with E-state index in [-0.39, 0.29) is 5.82 Å². The van der Waals surface area contributed by atoms with Crippen molar-refractivity contribution in [3.63, 3.8) is 0 Å². The van der Waals surface area contributed by atoms with Crippen LogP contribution in [0, 0.1) is 5.82 Å². The lowest BCUT2D eigenvalue weighted by Gasteiger charge is -2.18. The number of nitrogens with zero attached hydrogens (tertiary/aromatic N) is 2. The molecule has 130 valence electrons. The number of hydrogen-bond acceptors (Lipinski definition) is 4. The highest BCUT2D eigenvalue weighted by Gasteiger charge is 2.18. The largest absolute Gasteiger partial charge is 0.431 e. The molecule has 0 aliphatic carbocycles. The van der Waals surface area contributed by atoms with Crippen molar-refractivity contribution in [2.45, 2.75) is 0 Å². The monoisotopic (exact) mass is 382 g/mol. The lowest BCUT2D eigenvalue weighted by molar-refractivity contribution is 0.451. The minimum atomic E-state index is -0.243. The summed E-state index contributed by atoms with van der Waals surface area (Å²) in [5.41, 5.74) is 1.78. The Morgan fingerprint density at radius 2 is 1.85 bits per heavy atom. The summed E-state index contributed by atoms with van der Waals surface area (Å²) in [6.07, 6.45) is 1.82. The third-order valence-corrected chi connectivity index (χ3v) is 5.47. The van der Waals surface area contributed by atoms with Gasteiger partial charge in [-0.25, -0.2) is 4.39 Å². The van der Waals surface area contributed by atoms with Crippen molar-refractivity contribution in [2.75, 3.05) is 14.1 Å². The van der Waals surface area contributed by atoms with Crippen molar-refractivity contribution in [1.82, 2.24) is 9.27 Å². The molecular weight excluding hydrogens is 367 g/mol. The third kappa shape index (κ3) is 2.81. The smallest absolute Gasteiger partial charge is 0.264 e. The van der Waals surface area contributed by atoms with Gasteiger partial charge in [0, 0.05) is 36.6 Å². The van der Waals surface area contributed by atoms with Crippen molar-refractivity contribution < 1.29 is 9.13 Å². The molecule has 1 heterocycles. The molecule has 0 N–H and O–H groups in total. The van der Waals surface area contributed by atoms with Crippen molar-refractivity contribution in [2.24, 2.45) is 0 Å². The standard InChI is InChI=1S/C20H15FN2OS2/c1-23(2)20(25)24-17-10-7-12-11-22-26-19(12)18(17)15-8-9-16(21)14-6-4-3-5-13(14)15/h3-11H,1-2H3. The Bertz CT molecular complexity index is 1140. The summed E-state index contributed by atoms with van der Waals surface area (Å²) in [4.78, 5) is 1.73. The maximum Gasteiger partial charge on any atom is 0.264 e. The number of ether oxygens (including phenoxy) is 1. The highest BCUT2D eigenvalue weighted by Crippen LogP contribution is 2.42. The normalized spacial score (nSPS) is 11.0. The Kier molecular flexibility index (Phi) is 4.30. The van der Waals surface area contributed by atoms with Crippen LogP contribution in [0.5, 0.6) is 5.75 Å². The first-order valence-corrected chi connectivity index (χ1v) is 9.18. The highest BCUT2D eigenvalue weighted by molar-refractivity contribution is 7.80. The molecule has 0 saturated heterocycles. The fraction of sp³-hybridized carbons (Fsp3) is 0.100. The Morgan fingerprint density at radius 1 is 1.08 bits per heavy atom. The van der Waals surface area contributed by atoms with Crippen molar-refractivity contribution in [3.05, 3.63) is 60.5 Å². The van der Waals surface area contributed by atoms with Gasteiger partial charge in [-0.1, -0.05) is 30.3 Å². The van der Waals surface area contributed by atoms with Crippen LogP contribution in [0.4, 0.5) is 4.39 Å². The van der Waals surface area contributed by atoms with E-state index >= 15 is 0 Å². The predicted molar refractivity (Wildman–Crippen MR) is 109 cm³/mol. The van der Waals surface area contributed by atoms with E-state index in [2.05, 4.69) is 4.37 Å². The van der Waals surface area contributed by atoms with Gasteiger partial charge in [-0.2, -0.15) is 4.37 Å². The lowest BCUT2D eigenvalue weighted by atomic mass is 9.96. The molecule has 0 fully saturated rings. The Morgan fingerprint density at radius 3 is 2.62 bits per heavy atom. The summed E-state index contributed by atoms with van der Waals surface area (Å²) in [7, 11) is 3.67. The second kappa shape index (κ2) is 6.63. The Labute approximate surface area is 159 Å². The quantitative estimate of drug-likeness (QED) is 0.429. The summed E-state index contributed by atoms with van der Waals surface area (Å²) < 4.78 is 25.5. The molecule has 0 unspecified atom stereocenters. The van der Waals surface area contributed by atoms with E-state index in [1.54, 1.807) is 17.0 Å². The number of fused-ring (bicyclic) bond motifs is 2. The molecule has 26 heavy (non-hydrogen) atoms. The summed E-state index contributed by atoms with van der Waals surface area (Å²) in [5.74, 6) is 0.393. The van der Waals surface area contributed by atoms with E-state index < -0.39 is 0 Å². The zero-order chi connectivity index (χ0) is 18.3. The van der Waals surface area contributed by atoms with Gasteiger partial charge in [-0.3, -0.25) is 0 Å². The van der Waals surface area contributed by atoms with Crippen LogP contribution in [-0.2, 0) is 0 Å². The van der Waals surface area contributed by atoms with E-state index in [9.17, 15) is 4.39 Å². The molecule has 4 rings (SSSR count). The maximum atomic E-state index is 14.3. The highest BCUT2D eigenvalue weighted by atomic mass is 32.1. The maximum absolute atomic E-state index is 14.3. The van der Waals surface area contributed by atoms with Gasteiger partial charge in [0.2, 0.25) is 0 Å². The first kappa shape index (κ1) is 16.9. The first-order chi connectivity index (χ1) is 12.6. The van der Waals surface area contributed by atoms with Crippen molar-refractivity contribution >= 4 is 49.8 Å². The van der Waals surface area contributed by atoms with E-state index in [1.165, 1.54) is 17.6 Å². The number of benzene rings is 3. The van der Waals surface area contributed by atoms with Gasteiger partial charge in [0.25, 0.3) is 5.17 Å². The van der Waals surface area contributed by atoms with E-state index in [1.807, 2.05) is 50.6 Å². The van der Waals surface area contributed by atoms with Gasteiger partial charge >= 0.3 is 0 Å². The van der Waals surface area contributed by atoms with Crippen LogP contribution in [0.25, 0.3) is 32.0 Å². The first-order valence-electron chi connectivity index (χ1n) is 8.00. The zero-order valence-corrected chi connectivity index (χ0v) is 15.8. The van der Waals surface area contributed by atoms with Crippen molar-refractivity contribution in [3.8, 4) is 16.9 Å². The van der Waals surface area contributed by atoms with E-state index in [0.717, 1.165) is 26.6 Å². The van der Waals surface area contributed by atoms with Crippen LogP contribution < -0.4 is 4.74 Å². The molecule has 0 radical (unpaired) electrons. The second-order valence-corrected chi connectivity index (χ2v) is 7.24. The average Bonchev–Trinajstić information content (AvgIpc) is 3.11. The molecule has 0 atom stereocenters. The second-order valence-electron chi connectivity index (χ2n) is 6.09. The molecule has 1 aromatic heterocycles. The summed E-state index contributed by atoms with van der Waals surface area (Å²) in [6, 6.07) is 14.6. The van der Waals surface area contributed by atoms with Crippen molar-refractivity contribution in [1.29, 1.82) is 0 Å². The van der Waals surface area contributed by atoms with Crippen LogP contribution in [0.2, 0.25) is 0 Å². The number of hydrogen-bond donors (Lipinski definition) is 0. The molecule has 0 amide bonds. The lowest BCUT2D eigenvalue weighted by Crippen LogP contribution is -2.25. The molecule has 0 aliphatic heterocycles. The van der Waals surface area contributed by atoms with Gasteiger partial charge in [0.1, 0.15) is 11.6 Å². The van der Waals surface area contributed by atoms with Gasteiger partial charge in [0.05, 0.1) is 4.70 Å². The average molecular weight is 382 g/mol. The molecule has 4 aromatic rings. The molecule has 0 bridgehead atoms. The zero-order valence-electron chi connectivity index (χ0n) is 14.2. The number of thiocarbonyl (C=S) groups is 1. The van der Waals surface area contributed by atoms with E-state index in [4.69, 9.17) is 17.0 Å². The molecule has 6 heteroatoms. The van der Waals surface area contributed by atoms with Crippen LogP contribution in [0.3, 0.4) is 0 Å². The topological polar surface area (TPSA) is 25.4 Å². The Balaban J connectivity index is 2.03. The molecule has 0 aliphatic rings. The molecule has 0 spiro atoms. The van der Waals surface area contributed by atoms with Crippen LogP contribution in [-0.4, -0.2) is 28.5 Å². The Hall–Kier alpha value is -2.57. The summed E-state index contributed by atoms with van der Waals surface area (Å²) >= 11 is 6.71. The summed E-state index contributed by atoms with van der Waals surface area (Å²) in [5, 5.41) is 2.78. The van der Waals surface area contributed by atoms with Crippen LogP contribution in [0.1, 0.15) is 0 Å². The number of aromatic nitrogens is 1. The predicted octanol–water partition coefficient (Wildman–Crippen LogP) is 5.48. The van der Waals surface area contributed by atoms with Gasteiger partial charge in [0.15, 0.2) is 0 Å². The van der Waals surface area contributed by atoms with Gasteiger partial charge in [-0.05, 0) is 52.9 Å². The van der Waals surface area contributed by atoms with Crippen LogP contribution >= 0.6 is 23.8 Å². The SMILES string of the molecule is CN(C)C(=S)Oc1ccc2cnsc2c1-c1ccc(F)c2ccccc12. The fourth-order valence-electron chi connectivity index (χ4n) is 2.92. The molecule has 3 aromatic carbocycles. The van der Waals surface area contributed by atoms with Crippen LogP contribution in [0.15, 0.2) is 54.7 Å². The fourth-order valence-corrected chi connectivity index (χ4v) is 3.81. The molecular formula is C20H15FN2OS2. The van der Waals surface area contributed by atoms with Gasteiger partial charge < -0.3 is 9.64 Å². The minimum absolute atomic E-state index is 0.243. The third-order valence-electron chi connectivity index (χ3n) is 4.19. The van der Waals surface area contributed by atoms with E-state index in [0.29, 0.717) is 16.3 Å². The minimum Gasteiger partial charge on any atom is -0.431 e. The molecule has 0 saturated carbocycles. The number of rotatable bonds is 2. The molecule has 3 nitrogen and oxygen atoms in total. The summed E-state index contributed by atoms with van der Waals surface area (Å²) in [6.45, 7) is 0. The van der Waals surface area contributed by atoms with Gasteiger partial charge in [-0.15, -0.1) is 0 Å². The number of halogens is 1.